The first-order valence-electron chi connectivity index (χ1n) is 6.48. The lowest BCUT2D eigenvalue weighted by Gasteiger charge is -2.27. The van der Waals surface area contributed by atoms with Crippen molar-refractivity contribution >= 4 is 16.8 Å². The van der Waals surface area contributed by atoms with Crippen molar-refractivity contribution in [2.24, 2.45) is 10.7 Å². The molecule has 1 aliphatic heterocycles. The fourth-order valence-electron chi connectivity index (χ4n) is 2.72. The van der Waals surface area contributed by atoms with Gasteiger partial charge in [-0.25, -0.2) is 0 Å². The predicted octanol–water partition coefficient (Wildman–Crippen LogP) is 2.33. The van der Waals surface area contributed by atoms with Gasteiger partial charge in [0.1, 0.15) is 5.75 Å². The van der Waals surface area contributed by atoms with Crippen LogP contribution in [0.25, 0.3) is 0 Å². The molecule has 4 heteroatoms. The Balaban J connectivity index is 1.70. The molecule has 0 bridgehead atoms. The van der Waals surface area contributed by atoms with Gasteiger partial charge in [0.25, 0.3) is 0 Å². The van der Waals surface area contributed by atoms with Crippen molar-refractivity contribution in [1.29, 1.82) is 0 Å². The molecule has 1 aliphatic carbocycles. The van der Waals surface area contributed by atoms with Crippen molar-refractivity contribution in [2.45, 2.75) is 43.0 Å². The number of phenols is 1. The van der Waals surface area contributed by atoms with Crippen molar-refractivity contribution in [3.63, 3.8) is 0 Å². The highest BCUT2D eigenvalue weighted by Crippen LogP contribution is 2.38. The summed E-state index contributed by atoms with van der Waals surface area (Å²) in [7, 11) is 0. The van der Waals surface area contributed by atoms with E-state index in [1.807, 2.05) is 30.0 Å². The maximum absolute atomic E-state index is 9.79. The lowest BCUT2D eigenvalue weighted by molar-refractivity contribution is 0.411. The fourth-order valence-corrected chi connectivity index (χ4v) is 4.20. The van der Waals surface area contributed by atoms with E-state index in [1.54, 1.807) is 6.07 Å². The number of hydrogen-bond acceptors (Lipinski definition) is 4. The molecular weight excluding hydrogens is 244 g/mol. The maximum atomic E-state index is 9.79. The van der Waals surface area contributed by atoms with E-state index >= 15 is 0 Å². The fraction of sp³-hybridized carbons (Fsp3) is 0.500. The standard InChI is InChI=1S/C14H18N2OS/c15-10-5-6-11-13(8-10)18-14(16-11)7-9-3-1-2-4-12(9)17/h1-4,10-11,13,17H,5-8,15H2. The molecule has 1 aromatic rings. The Hall–Kier alpha value is -1.000. The number of nitrogens with two attached hydrogens (primary N) is 1. The van der Waals surface area contributed by atoms with Gasteiger partial charge in [-0.15, -0.1) is 11.8 Å². The number of aliphatic imine (C=N–C) groups is 1. The van der Waals surface area contributed by atoms with Crippen LogP contribution in [0.4, 0.5) is 0 Å². The van der Waals surface area contributed by atoms with E-state index in [0.717, 1.165) is 36.3 Å². The van der Waals surface area contributed by atoms with Crippen molar-refractivity contribution < 1.29 is 5.11 Å². The van der Waals surface area contributed by atoms with E-state index in [2.05, 4.69) is 0 Å². The van der Waals surface area contributed by atoms with E-state index in [0.29, 0.717) is 23.1 Å². The molecule has 1 aromatic carbocycles. The van der Waals surface area contributed by atoms with E-state index in [-0.39, 0.29) is 0 Å². The van der Waals surface area contributed by atoms with Crippen LogP contribution >= 0.6 is 11.8 Å². The van der Waals surface area contributed by atoms with E-state index in [9.17, 15) is 5.11 Å². The smallest absolute Gasteiger partial charge is 0.119 e. The number of para-hydroxylation sites is 1. The molecule has 3 nitrogen and oxygen atoms in total. The highest BCUT2D eigenvalue weighted by atomic mass is 32.2. The summed E-state index contributed by atoms with van der Waals surface area (Å²) < 4.78 is 0. The van der Waals surface area contributed by atoms with Gasteiger partial charge in [0.05, 0.1) is 11.1 Å². The first-order valence-corrected chi connectivity index (χ1v) is 7.36. The SMILES string of the molecule is NC1CCC2N=C(Cc3ccccc3O)SC2C1. The summed E-state index contributed by atoms with van der Waals surface area (Å²) in [6.45, 7) is 0. The van der Waals surface area contributed by atoms with Gasteiger partial charge in [0, 0.05) is 23.3 Å². The lowest BCUT2D eigenvalue weighted by atomic mass is 9.92. The Morgan fingerprint density at radius 2 is 2.17 bits per heavy atom. The first kappa shape index (κ1) is 12.1. The van der Waals surface area contributed by atoms with Gasteiger partial charge in [0.15, 0.2) is 0 Å². The number of rotatable bonds is 2. The molecule has 1 fully saturated rings. The number of fused-ring (bicyclic) bond motifs is 1. The van der Waals surface area contributed by atoms with Crippen molar-refractivity contribution in [3.8, 4) is 5.75 Å². The summed E-state index contributed by atoms with van der Waals surface area (Å²) in [6, 6.07) is 8.30. The number of hydrogen-bond donors (Lipinski definition) is 2. The summed E-state index contributed by atoms with van der Waals surface area (Å²) in [5.41, 5.74) is 6.97. The monoisotopic (exact) mass is 262 g/mol. The molecule has 3 rings (SSSR count). The third-order valence-electron chi connectivity index (χ3n) is 3.73. The molecule has 3 N–H and O–H groups in total. The Labute approximate surface area is 111 Å². The Kier molecular flexibility index (Phi) is 3.31. The van der Waals surface area contributed by atoms with Gasteiger partial charge in [-0.05, 0) is 25.3 Å². The van der Waals surface area contributed by atoms with E-state index < -0.39 is 0 Å². The molecule has 3 unspecified atom stereocenters. The van der Waals surface area contributed by atoms with Crippen molar-refractivity contribution in [2.75, 3.05) is 0 Å². The molecule has 18 heavy (non-hydrogen) atoms. The lowest BCUT2D eigenvalue weighted by Crippen LogP contribution is -2.35. The topological polar surface area (TPSA) is 58.6 Å². The van der Waals surface area contributed by atoms with Crippen molar-refractivity contribution in [1.82, 2.24) is 0 Å². The van der Waals surface area contributed by atoms with E-state index in [1.165, 1.54) is 0 Å². The molecular formula is C14H18N2OS. The first-order chi connectivity index (χ1) is 8.72. The van der Waals surface area contributed by atoms with Crippen LogP contribution in [0.5, 0.6) is 5.75 Å². The number of nitrogens with zero attached hydrogens (tertiary/aromatic N) is 1. The Bertz CT molecular complexity index is 475. The average Bonchev–Trinajstić information content (AvgIpc) is 2.73. The third kappa shape index (κ3) is 2.40. The number of thioether (sulfide) groups is 1. The van der Waals surface area contributed by atoms with Crippen LogP contribution in [0.3, 0.4) is 0 Å². The molecule has 1 saturated carbocycles. The van der Waals surface area contributed by atoms with Crippen LogP contribution in [0.15, 0.2) is 29.3 Å². The zero-order chi connectivity index (χ0) is 12.5. The average molecular weight is 262 g/mol. The normalized spacial score (nSPS) is 30.9. The molecule has 3 atom stereocenters. The zero-order valence-corrected chi connectivity index (χ0v) is 11.1. The third-order valence-corrected chi connectivity index (χ3v) is 5.06. The minimum atomic E-state index is 0.346. The summed E-state index contributed by atoms with van der Waals surface area (Å²) in [4.78, 5) is 4.79. The highest BCUT2D eigenvalue weighted by molar-refractivity contribution is 8.14. The highest BCUT2D eigenvalue weighted by Gasteiger charge is 2.34. The molecule has 2 aliphatic rings. The minimum absolute atomic E-state index is 0.346. The van der Waals surface area contributed by atoms with Gasteiger partial charge < -0.3 is 10.8 Å². The van der Waals surface area contributed by atoms with Gasteiger partial charge in [-0.2, -0.15) is 0 Å². The molecule has 0 radical (unpaired) electrons. The molecule has 0 amide bonds. The predicted molar refractivity (Wildman–Crippen MR) is 76.2 cm³/mol. The van der Waals surface area contributed by atoms with Gasteiger partial charge in [0.2, 0.25) is 0 Å². The maximum Gasteiger partial charge on any atom is 0.119 e. The molecule has 0 aromatic heterocycles. The number of phenolic OH excluding ortho intramolecular Hbond substituents is 1. The number of aromatic hydroxyl groups is 1. The Morgan fingerprint density at radius 1 is 1.33 bits per heavy atom. The molecule has 0 spiro atoms. The summed E-state index contributed by atoms with van der Waals surface area (Å²) in [5, 5.41) is 11.5. The summed E-state index contributed by atoms with van der Waals surface area (Å²) in [5.74, 6) is 0.368. The van der Waals surface area contributed by atoms with Gasteiger partial charge in [-0.1, -0.05) is 18.2 Å². The Morgan fingerprint density at radius 3 is 3.00 bits per heavy atom. The second-order valence-corrected chi connectivity index (χ2v) is 6.44. The van der Waals surface area contributed by atoms with Gasteiger partial charge >= 0.3 is 0 Å². The number of benzene rings is 1. The summed E-state index contributed by atoms with van der Waals surface area (Å²) >= 11 is 1.86. The largest absolute Gasteiger partial charge is 0.508 e. The molecule has 96 valence electrons. The quantitative estimate of drug-likeness (QED) is 0.860. The summed E-state index contributed by atoms with van der Waals surface area (Å²) in [6.07, 6.45) is 4.03. The minimum Gasteiger partial charge on any atom is -0.508 e. The van der Waals surface area contributed by atoms with Crippen LogP contribution in [-0.2, 0) is 6.42 Å². The van der Waals surface area contributed by atoms with Crippen LogP contribution in [0, 0.1) is 0 Å². The van der Waals surface area contributed by atoms with Crippen LogP contribution in [0.1, 0.15) is 24.8 Å². The molecule has 1 heterocycles. The second-order valence-electron chi connectivity index (χ2n) is 5.13. The second kappa shape index (κ2) is 4.94. The molecule has 0 saturated heterocycles. The van der Waals surface area contributed by atoms with Crippen molar-refractivity contribution in [3.05, 3.63) is 29.8 Å². The van der Waals surface area contributed by atoms with Crippen LogP contribution in [-0.4, -0.2) is 27.5 Å². The van der Waals surface area contributed by atoms with E-state index in [4.69, 9.17) is 10.7 Å². The van der Waals surface area contributed by atoms with Crippen LogP contribution < -0.4 is 5.73 Å². The zero-order valence-electron chi connectivity index (χ0n) is 10.2. The van der Waals surface area contributed by atoms with Gasteiger partial charge in [-0.3, -0.25) is 4.99 Å². The van der Waals surface area contributed by atoms with Crippen LogP contribution in [0.2, 0.25) is 0 Å².